The zero-order chi connectivity index (χ0) is 13.9. The highest BCUT2D eigenvalue weighted by Crippen LogP contribution is 2.26. The van der Waals surface area contributed by atoms with Gasteiger partial charge in [0.15, 0.2) is 0 Å². The molecule has 0 bridgehead atoms. The standard InChI is InChI=1S/C12H16N4OS2/c1-3-12(2,11-14-4-5-18-11)16-10(17)8-7-19-9(6-13)15-8/h4-5,7H,3,6,13H2,1-2H3,(H,16,17). The Morgan fingerprint density at radius 1 is 1.53 bits per heavy atom. The Morgan fingerprint density at radius 2 is 2.32 bits per heavy atom. The van der Waals surface area contributed by atoms with Gasteiger partial charge in [-0.3, -0.25) is 4.79 Å². The van der Waals surface area contributed by atoms with Crippen LogP contribution in [0.25, 0.3) is 0 Å². The van der Waals surface area contributed by atoms with E-state index in [1.165, 1.54) is 22.7 Å². The lowest BCUT2D eigenvalue weighted by molar-refractivity contribution is 0.0897. The van der Waals surface area contributed by atoms with E-state index >= 15 is 0 Å². The molecule has 7 heteroatoms. The molecule has 1 unspecified atom stereocenters. The molecular weight excluding hydrogens is 280 g/mol. The number of nitrogens with two attached hydrogens (primary N) is 1. The number of hydrogen-bond acceptors (Lipinski definition) is 6. The molecule has 0 saturated heterocycles. The predicted octanol–water partition coefficient (Wildman–Crippen LogP) is 2.11. The molecular formula is C12H16N4OS2. The zero-order valence-corrected chi connectivity index (χ0v) is 12.5. The lowest BCUT2D eigenvalue weighted by Gasteiger charge is -2.26. The van der Waals surface area contributed by atoms with Crippen molar-refractivity contribution in [2.24, 2.45) is 5.73 Å². The van der Waals surface area contributed by atoms with Crippen molar-refractivity contribution < 1.29 is 4.79 Å². The minimum Gasteiger partial charge on any atom is -0.339 e. The van der Waals surface area contributed by atoms with E-state index in [2.05, 4.69) is 15.3 Å². The molecule has 102 valence electrons. The summed E-state index contributed by atoms with van der Waals surface area (Å²) in [5.41, 5.74) is 5.46. The number of amides is 1. The highest BCUT2D eigenvalue weighted by molar-refractivity contribution is 7.10. The van der Waals surface area contributed by atoms with Crippen LogP contribution in [0.2, 0.25) is 0 Å². The molecule has 2 heterocycles. The van der Waals surface area contributed by atoms with E-state index in [-0.39, 0.29) is 5.91 Å². The summed E-state index contributed by atoms with van der Waals surface area (Å²) in [5, 5.41) is 8.31. The number of nitrogens with one attached hydrogen (secondary N) is 1. The van der Waals surface area contributed by atoms with Gasteiger partial charge in [0.2, 0.25) is 0 Å². The molecule has 19 heavy (non-hydrogen) atoms. The fourth-order valence-corrected chi connectivity index (χ4v) is 3.10. The SMILES string of the molecule is CCC(C)(NC(=O)c1csc(CN)n1)c1nccs1. The first kappa shape index (κ1) is 14.1. The molecule has 2 rings (SSSR count). The second-order valence-electron chi connectivity index (χ2n) is 4.31. The Labute approximate surface area is 119 Å². The molecule has 0 aliphatic rings. The van der Waals surface area contributed by atoms with Crippen LogP contribution in [0.5, 0.6) is 0 Å². The van der Waals surface area contributed by atoms with E-state index in [0.29, 0.717) is 12.2 Å². The number of carbonyl (C=O) groups excluding carboxylic acids is 1. The Morgan fingerprint density at radius 3 is 2.84 bits per heavy atom. The monoisotopic (exact) mass is 296 g/mol. The smallest absolute Gasteiger partial charge is 0.271 e. The second-order valence-corrected chi connectivity index (χ2v) is 6.14. The van der Waals surface area contributed by atoms with Gasteiger partial charge in [-0.1, -0.05) is 6.92 Å². The summed E-state index contributed by atoms with van der Waals surface area (Å²) in [6.07, 6.45) is 2.51. The van der Waals surface area contributed by atoms with Gasteiger partial charge >= 0.3 is 0 Å². The minimum atomic E-state index is -0.461. The Bertz CT molecular complexity index is 552. The third kappa shape index (κ3) is 2.99. The third-order valence-corrected chi connectivity index (χ3v) is 4.87. The summed E-state index contributed by atoms with van der Waals surface area (Å²) in [6, 6.07) is 0. The molecule has 5 nitrogen and oxygen atoms in total. The van der Waals surface area contributed by atoms with Crippen LogP contribution in [0, 0.1) is 0 Å². The molecule has 0 saturated carbocycles. The van der Waals surface area contributed by atoms with Crippen LogP contribution in [0.1, 0.15) is 40.8 Å². The molecule has 0 aromatic carbocycles. The minimum absolute atomic E-state index is 0.185. The van der Waals surface area contributed by atoms with Gasteiger partial charge in [-0.15, -0.1) is 22.7 Å². The molecule has 0 spiro atoms. The van der Waals surface area contributed by atoms with Crippen molar-refractivity contribution >= 4 is 28.6 Å². The van der Waals surface area contributed by atoms with Gasteiger partial charge in [-0.2, -0.15) is 0 Å². The van der Waals surface area contributed by atoms with Gasteiger partial charge in [0, 0.05) is 23.5 Å². The van der Waals surface area contributed by atoms with Gasteiger partial charge in [-0.25, -0.2) is 9.97 Å². The van der Waals surface area contributed by atoms with Crippen molar-refractivity contribution in [2.75, 3.05) is 0 Å². The van der Waals surface area contributed by atoms with E-state index in [0.717, 1.165) is 16.4 Å². The highest BCUT2D eigenvalue weighted by atomic mass is 32.1. The molecule has 2 aromatic heterocycles. The fourth-order valence-electron chi connectivity index (χ4n) is 1.61. The molecule has 0 radical (unpaired) electrons. The van der Waals surface area contributed by atoms with Crippen molar-refractivity contribution in [2.45, 2.75) is 32.4 Å². The molecule has 1 atom stereocenters. The molecule has 3 N–H and O–H groups in total. The number of rotatable bonds is 5. The van der Waals surface area contributed by atoms with Crippen LogP contribution >= 0.6 is 22.7 Å². The lowest BCUT2D eigenvalue weighted by Crippen LogP contribution is -2.43. The number of nitrogens with zero attached hydrogens (tertiary/aromatic N) is 2. The Balaban J connectivity index is 2.16. The van der Waals surface area contributed by atoms with Crippen LogP contribution in [-0.2, 0) is 12.1 Å². The summed E-state index contributed by atoms with van der Waals surface area (Å²) in [7, 11) is 0. The van der Waals surface area contributed by atoms with Gasteiger partial charge in [0.05, 0.1) is 5.54 Å². The highest BCUT2D eigenvalue weighted by Gasteiger charge is 2.30. The van der Waals surface area contributed by atoms with Gasteiger partial charge < -0.3 is 11.1 Å². The first-order valence-electron chi connectivity index (χ1n) is 5.96. The molecule has 2 aromatic rings. The largest absolute Gasteiger partial charge is 0.339 e. The summed E-state index contributed by atoms with van der Waals surface area (Å²) >= 11 is 2.94. The van der Waals surface area contributed by atoms with Gasteiger partial charge in [0.25, 0.3) is 5.91 Å². The number of aromatic nitrogens is 2. The zero-order valence-electron chi connectivity index (χ0n) is 10.8. The van der Waals surface area contributed by atoms with Crippen LogP contribution < -0.4 is 11.1 Å². The maximum Gasteiger partial charge on any atom is 0.271 e. The second kappa shape index (κ2) is 5.77. The number of hydrogen-bond donors (Lipinski definition) is 2. The van der Waals surface area contributed by atoms with E-state index < -0.39 is 5.54 Å². The maximum absolute atomic E-state index is 12.2. The third-order valence-electron chi connectivity index (χ3n) is 2.96. The fraction of sp³-hybridized carbons (Fsp3) is 0.417. The number of thiazole rings is 2. The molecule has 0 aliphatic carbocycles. The van der Waals surface area contributed by atoms with Crippen LogP contribution in [0.4, 0.5) is 0 Å². The summed E-state index contributed by atoms with van der Waals surface area (Å²) in [5.74, 6) is -0.185. The van der Waals surface area contributed by atoms with Crippen molar-refractivity contribution in [3.8, 4) is 0 Å². The van der Waals surface area contributed by atoms with E-state index in [4.69, 9.17) is 5.73 Å². The van der Waals surface area contributed by atoms with Gasteiger partial charge in [-0.05, 0) is 13.3 Å². The van der Waals surface area contributed by atoms with Gasteiger partial charge in [0.1, 0.15) is 15.7 Å². The average molecular weight is 296 g/mol. The Hall–Kier alpha value is -1.31. The average Bonchev–Trinajstić information content (AvgIpc) is 3.09. The van der Waals surface area contributed by atoms with Crippen LogP contribution in [-0.4, -0.2) is 15.9 Å². The summed E-state index contributed by atoms with van der Waals surface area (Å²) in [6.45, 7) is 4.35. The summed E-state index contributed by atoms with van der Waals surface area (Å²) < 4.78 is 0. The van der Waals surface area contributed by atoms with E-state index in [9.17, 15) is 4.79 Å². The predicted molar refractivity (Wildman–Crippen MR) is 77.2 cm³/mol. The topological polar surface area (TPSA) is 80.9 Å². The van der Waals surface area contributed by atoms with Crippen molar-refractivity contribution in [3.63, 3.8) is 0 Å². The molecule has 1 amide bonds. The quantitative estimate of drug-likeness (QED) is 0.885. The maximum atomic E-state index is 12.2. The first-order chi connectivity index (χ1) is 9.09. The van der Waals surface area contributed by atoms with Crippen molar-refractivity contribution in [1.82, 2.24) is 15.3 Å². The molecule has 0 fully saturated rings. The molecule has 0 aliphatic heterocycles. The van der Waals surface area contributed by atoms with Crippen LogP contribution in [0.3, 0.4) is 0 Å². The Kier molecular flexibility index (Phi) is 4.28. The first-order valence-corrected chi connectivity index (χ1v) is 7.72. The van der Waals surface area contributed by atoms with Crippen molar-refractivity contribution in [3.05, 3.63) is 32.7 Å². The summed E-state index contributed by atoms with van der Waals surface area (Å²) in [4.78, 5) is 20.7. The number of carbonyl (C=O) groups is 1. The van der Waals surface area contributed by atoms with E-state index in [1.807, 2.05) is 19.2 Å². The normalized spacial score (nSPS) is 14.1. The lowest BCUT2D eigenvalue weighted by atomic mass is 9.99. The van der Waals surface area contributed by atoms with E-state index in [1.54, 1.807) is 11.6 Å². The van der Waals surface area contributed by atoms with Crippen molar-refractivity contribution in [1.29, 1.82) is 0 Å². The van der Waals surface area contributed by atoms with Crippen LogP contribution in [0.15, 0.2) is 17.0 Å².